The Kier molecular flexibility index (Phi) is 10.7. The van der Waals surface area contributed by atoms with E-state index < -0.39 is 17.0 Å². The molecule has 2 aromatic carbocycles. The zero-order chi connectivity index (χ0) is 35.4. The monoisotopic (exact) mass is 652 g/mol. The number of carbonyl (C=O) groups is 1. The van der Waals surface area contributed by atoms with Crippen molar-refractivity contribution in [1.82, 2.24) is 0 Å². The molecule has 0 saturated carbocycles. The molecule has 2 aliphatic rings. The highest BCUT2D eigenvalue weighted by Crippen LogP contribution is 2.51. The second kappa shape index (κ2) is 14.3. The summed E-state index contributed by atoms with van der Waals surface area (Å²) in [6, 6.07) is 8.97. The Hall–Kier alpha value is -5.13. The third-order valence-corrected chi connectivity index (χ3v) is 8.84. The van der Waals surface area contributed by atoms with Gasteiger partial charge in [-0.3, -0.25) is 0 Å². The first-order chi connectivity index (χ1) is 22.8. The van der Waals surface area contributed by atoms with Gasteiger partial charge < -0.3 is 28.7 Å². The SMILES string of the molecule is COc1c(OC(=O)Oc2c(C#N)c(N3CCCCC3)c(C#N)c(C(C)(C)C)c2OC)c(C#N)c(N2CCCCC2)c(C#N)c1C(C)(C)C. The summed E-state index contributed by atoms with van der Waals surface area (Å²) in [7, 11) is 2.78. The van der Waals surface area contributed by atoms with Crippen LogP contribution in [-0.4, -0.2) is 46.6 Å². The molecule has 11 heteroatoms. The molecule has 11 nitrogen and oxygen atoms in total. The van der Waals surface area contributed by atoms with Gasteiger partial charge >= 0.3 is 6.16 Å². The molecule has 0 radical (unpaired) electrons. The van der Waals surface area contributed by atoms with Crippen LogP contribution in [0.25, 0.3) is 0 Å². The van der Waals surface area contributed by atoms with E-state index in [1.54, 1.807) is 0 Å². The molecule has 2 saturated heterocycles. The summed E-state index contributed by atoms with van der Waals surface area (Å²) in [5, 5.41) is 41.9. The molecule has 2 aromatic rings. The highest BCUT2D eigenvalue weighted by Gasteiger charge is 2.38. The number of carbonyl (C=O) groups excluding carboxylic acids is 1. The molecule has 0 N–H and O–H groups in total. The van der Waals surface area contributed by atoms with E-state index >= 15 is 0 Å². The molecule has 0 aromatic heterocycles. The number of benzene rings is 2. The van der Waals surface area contributed by atoms with Crippen LogP contribution >= 0.6 is 0 Å². The van der Waals surface area contributed by atoms with Crippen molar-refractivity contribution in [2.45, 2.75) is 90.9 Å². The van der Waals surface area contributed by atoms with Gasteiger partial charge in [0.15, 0.2) is 23.0 Å². The van der Waals surface area contributed by atoms with Crippen molar-refractivity contribution in [2.75, 3.05) is 50.2 Å². The van der Waals surface area contributed by atoms with E-state index in [9.17, 15) is 25.8 Å². The Balaban J connectivity index is 1.97. The van der Waals surface area contributed by atoms with Crippen molar-refractivity contribution in [1.29, 1.82) is 21.0 Å². The number of anilines is 2. The largest absolute Gasteiger partial charge is 0.519 e. The Morgan fingerprint density at radius 2 is 0.854 bits per heavy atom. The summed E-state index contributed by atoms with van der Waals surface area (Å²) in [4.78, 5) is 17.9. The van der Waals surface area contributed by atoms with E-state index in [0.29, 0.717) is 59.8 Å². The van der Waals surface area contributed by atoms with E-state index in [2.05, 4.69) is 24.3 Å². The zero-order valence-corrected chi connectivity index (χ0v) is 29.3. The normalized spacial score (nSPS) is 15.0. The van der Waals surface area contributed by atoms with E-state index in [0.717, 1.165) is 38.5 Å². The van der Waals surface area contributed by atoms with Crippen LogP contribution in [0, 0.1) is 45.3 Å². The Labute approximate surface area is 283 Å². The average molecular weight is 653 g/mol. The number of hydrogen-bond acceptors (Lipinski definition) is 11. The fourth-order valence-electron chi connectivity index (χ4n) is 6.88. The number of methoxy groups -OCH3 is 2. The van der Waals surface area contributed by atoms with Crippen molar-refractivity contribution < 1.29 is 23.7 Å². The van der Waals surface area contributed by atoms with Gasteiger partial charge in [-0.25, -0.2) is 4.79 Å². The molecule has 48 heavy (non-hydrogen) atoms. The fourth-order valence-corrected chi connectivity index (χ4v) is 6.88. The highest BCUT2D eigenvalue weighted by molar-refractivity contribution is 5.85. The summed E-state index contributed by atoms with van der Waals surface area (Å²) < 4.78 is 23.4. The molecule has 2 aliphatic heterocycles. The number of hydrogen-bond donors (Lipinski definition) is 0. The van der Waals surface area contributed by atoms with Gasteiger partial charge in [-0.05, 0) is 49.4 Å². The second-order valence-electron chi connectivity index (χ2n) is 14.2. The van der Waals surface area contributed by atoms with Crippen LogP contribution in [0.4, 0.5) is 16.2 Å². The van der Waals surface area contributed by atoms with Crippen molar-refractivity contribution in [3.8, 4) is 47.3 Å². The lowest BCUT2D eigenvalue weighted by atomic mass is 9.80. The zero-order valence-electron chi connectivity index (χ0n) is 29.3. The summed E-state index contributed by atoms with van der Waals surface area (Å²) in [6.07, 6.45) is 4.36. The molecular weight excluding hydrogens is 608 g/mol. The van der Waals surface area contributed by atoms with Crippen molar-refractivity contribution in [3.63, 3.8) is 0 Å². The lowest BCUT2D eigenvalue weighted by molar-refractivity contribution is 0.148. The molecule has 0 unspecified atom stereocenters. The van der Waals surface area contributed by atoms with Gasteiger partial charge in [0.2, 0.25) is 0 Å². The third-order valence-electron chi connectivity index (χ3n) is 8.84. The summed E-state index contributed by atoms with van der Waals surface area (Å²) in [6.45, 7) is 14.0. The number of rotatable bonds is 6. The maximum absolute atomic E-state index is 13.9. The smallest absolute Gasteiger partial charge is 0.492 e. The second-order valence-corrected chi connectivity index (χ2v) is 14.2. The molecule has 0 aliphatic carbocycles. The van der Waals surface area contributed by atoms with Gasteiger partial charge in [-0.2, -0.15) is 21.0 Å². The van der Waals surface area contributed by atoms with Crippen LogP contribution in [0.15, 0.2) is 0 Å². The lowest BCUT2D eigenvalue weighted by Gasteiger charge is -2.34. The number of piperidine rings is 2. The maximum Gasteiger partial charge on any atom is 0.519 e. The lowest BCUT2D eigenvalue weighted by Crippen LogP contribution is -2.33. The Morgan fingerprint density at radius 1 is 0.542 bits per heavy atom. The minimum Gasteiger partial charge on any atom is -0.492 e. The summed E-state index contributed by atoms with van der Waals surface area (Å²) >= 11 is 0. The topological polar surface area (TPSA) is 156 Å². The molecule has 0 spiro atoms. The minimum absolute atomic E-state index is 0.0214. The minimum atomic E-state index is -1.23. The van der Waals surface area contributed by atoms with Gasteiger partial charge in [0, 0.05) is 37.3 Å². The van der Waals surface area contributed by atoms with Crippen LogP contribution < -0.4 is 28.7 Å². The maximum atomic E-state index is 13.9. The molecule has 2 heterocycles. The average Bonchev–Trinajstić information content (AvgIpc) is 3.06. The molecule has 0 atom stereocenters. The first kappa shape index (κ1) is 35.7. The van der Waals surface area contributed by atoms with Gasteiger partial charge in [0.05, 0.1) is 36.7 Å². The molecule has 4 rings (SSSR count). The van der Waals surface area contributed by atoms with E-state index in [1.165, 1.54) is 14.2 Å². The molecule has 0 amide bonds. The van der Waals surface area contributed by atoms with Crippen LogP contribution in [0.1, 0.15) is 113 Å². The van der Waals surface area contributed by atoms with E-state index in [-0.39, 0.29) is 34.1 Å². The highest BCUT2D eigenvalue weighted by atomic mass is 16.7. The summed E-state index contributed by atoms with van der Waals surface area (Å²) in [5.41, 5.74) is 1.02. The predicted molar refractivity (Wildman–Crippen MR) is 181 cm³/mol. The molecule has 252 valence electrons. The molecule has 2 fully saturated rings. The molecule has 0 bridgehead atoms. The molecular formula is C37H44N6O5. The van der Waals surface area contributed by atoms with Crippen LogP contribution in [0.2, 0.25) is 0 Å². The Bertz CT molecular complexity index is 1620. The Morgan fingerprint density at radius 3 is 1.10 bits per heavy atom. The van der Waals surface area contributed by atoms with Crippen LogP contribution in [0.5, 0.6) is 23.0 Å². The van der Waals surface area contributed by atoms with Gasteiger partial charge in [0.25, 0.3) is 0 Å². The van der Waals surface area contributed by atoms with E-state index in [1.807, 2.05) is 51.3 Å². The van der Waals surface area contributed by atoms with Crippen LogP contribution in [-0.2, 0) is 10.8 Å². The van der Waals surface area contributed by atoms with Gasteiger partial charge in [0.1, 0.15) is 35.4 Å². The third kappa shape index (κ3) is 6.65. The van der Waals surface area contributed by atoms with E-state index in [4.69, 9.17) is 18.9 Å². The van der Waals surface area contributed by atoms with Crippen LogP contribution in [0.3, 0.4) is 0 Å². The van der Waals surface area contributed by atoms with Crippen molar-refractivity contribution >= 4 is 17.5 Å². The standard InChI is InChI=1S/C37H44N6O5/c1-36(2,3)27-23(19-38)29(42-15-11-9-12-16-42)25(21-40)31(33(27)45-7)47-35(44)48-32-26(22-41)30(43-17-13-10-14-18-43)24(20-39)28(34(32)46-8)37(4,5)6/h9-18H2,1-8H3. The first-order valence-corrected chi connectivity index (χ1v) is 16.4. The first-order valence-electron chi connectivity index (χ1n) is 16.4. The summed E-state index contributed by atoms with van der Waals surface area (Å²) in [5.74, 6) is -0.198. The number of nitriles is 4. The van der Waals surface area contributed by atoms with Gasteiger partial charge in [-0.1, -0.05) is 41.5 Å². The van der Waals surface area contributed by atoms with Crippen molar-refractivity contribution in [2.24, 2.45) is 0 Å². The van der Waals surface area contributed by atoms with Crippen molar-refractivity contribution in [3.05, 3.63) is 33.4 Å². The predicted octanol–water partition coefficient (Wildman–Crippen LogP) is 7.34. The van der Waals surface area contributed by atoms with Gasteiger partial charge in [-0.15, -0.1) is 0 Å². The quantitative estimate of drug-likeness (QED) is 0.227. The fraction of sp³-hybridized carbons (Fsp3) is 0.541. The number of ether oxygens (including phenoxy) is 4. The number of nitrogens with zero attached hydrogens (tertiary/aromatic N) is 6.